The molecule has 0 saturated carbocycles. The number of amides is 1. The maximum Gasteiger partial charge on any atom is 0.320 e. The van der Waals surface area contributed by atoms with Gasteiger partial charge < -0.3 is 14.8 Å². The summed E-state index contributed by atoms with van der Waals surface area (Å²) in [6, 6.07) is 6.95. The number of hydrogen-bond acceptors (Lipinski definition) is 4. The third-order valence-corrected chi connectivity index (χ3v) is 2.69. The van der Waals surface area contributed by atoms with E-state index in [1.807, 2.05) is 6.92 Å². The van der Waals surface area contributed by atoms with E-state index in [1.54, 1.807) is 24.3 Å². The van der Waals surface area contributed by atoms with Gasteiger partial charge in [-0.2, -0.15) is 0 Å². The summed E-state index contributed by atoms with van der Waals surface area (Å²) < 4.78 is 9.91. The SMILES string of the molecule is CCOc1ccc(NC(=O)C(C)(C)C(=O)OC)cc1. The van der Waals surface area contributed by atoms with Gasteiger partial charge in [0, 0.05) is 5.69 Å². The first-order chi connectivity index (χ1) is 8.91. The standard InChI is InChI=1S/C14H19NO4/c1-5-19-11-8-6-10(7-9-11)15-12(16)14(2,3)13(17)18-4/h6-9H,5H2,1-4H3,(H,15,16). The van der Waals surface area contributed by atoms with Gasteiger partial charge in [-0.3, -0.25) is 9.59 Å². The van der Waals surface area contributed by atoms with Crippen LogP contribution in [0.5, 0.6) is 5.75 Å². The first-order valence-electron chi connectivity index (χ1n) is 6.04. The van der Waals surface area contributed by atoms with Gasteiger partial charge in [0.2, 0.25) is 5.91 Å². The van der Waals surface area contributed by atoms with Crippen molar-refractivity contribution >= 4 is 17.6 Å². The van der Waals surface area contributed by atoms with Crippen molar-refractivity contribution in [1.82, 2.24) is 0 Å². The molecule has 0 aliphatic heterocycles. The van der Waals surface area contributed by atoms with E-state index in [9.17, 15) is 9.59 Å². The third kappa shape index (κ3) is 3.71. The summed E-state index contributed by atoms with van der Waals surface area (Å²) in [6.45, 7) is 5.51. The van der Waals surface area contributed by atoms with Crippen LogP contribution in [0.1, 0.15) is 20.8 Å². The number of hydrogen-bond donors (Lipinski definition) is 1. The zero-order chi connectivity index (χ0) is 14.5. The van der Waals surface area contributed by atoms with Gasteiger partial charge in [-0.25, -0.2) is 0 Å². The van der Waals surface area contributed by atoms with Crippen LogP contribution in [0.4, 0.5) is 5.69 Å². The van der Waals surface area contributed by atoms with Crippen molar-refractivity contribution in [3.63, 3.8) is 0 Å². The number of esters is 1. The molecule has 19 heavy (non-hydrogen) atoms. The molecule has 0 unspecified atom stereocenters. The number of rotatable bonds is 5. The topological polar surface area (TPSA) is 64.6 Å². The van der Waals surface area contributed by atoms with Crippen LogP contribution in [-0.2, 0) is 14.3 Å². The van der Waals surface area contributed by atoms with E-state index >= 15 is 0 Å². The van der Waals surface area contributed by atoms with Crippen LogP contribution in [0, 0.1) is 5.41 Å². The molecule has 0 fully saturated rings. The Labute approximate surface area is 112 Å². The quantitative estimate of drug-likeness (QED) is 0.655. The summed E-state index contributed by atoms with van der Waals surface area (Å²) in [5.41, 5.74) is -0.627. The molecule has 1 amide bonds. The van der Waals surface area contributed by atoms with Crippen LogP contribution < -0.4 is 10.1 Å². The number of ether oxygens (including phenoxy) is 2. The highest BCUT2D eigenvalue weighted by molar-refractivity contribution is 6.08. The minimum Gasteiger partial charge on any atom is -0.494 e. The second-order valence-corrected chi connectivity index (χ2v) is 4.53. The van der Waals surface area contributed by atoms with E-state index in [2.05, 4.69) is 10.1 Å². The van der Waals surface area contributed by atoms with Gasteiger partial charge in [-0.15, -0.1) is 0 Å². The fourth-order valence-electron chi connectivity index (χ4n) is 1.44. The molecule has 1 rings (SSSR count). The van der Waals surface area contributed by atoms with Crippen molar-refractivity contribution < 1.29 is 19.1 Å². The van der Waals surface area contributed by atoms with Crippen LogP contribution in [0.15, 0.2) is 24.3 Å². The molecule has 5 nitrogen and oxygen atoms in total. The average molecular weight is 265 g/mol. The van der Waals surface area contributed by atoms with E-state index in [4.69, 9.17) is 4.74 Å². The largest absolute Gasteiger partial charge is 0.494 e. The Morgan fingerprint density at radius 3 is 2.26 bits per heavy atom. The van der Waals surface area contributed by atoms with Crippen LogP contribution in [-0.4, -0.2) is 25.6 Å². The lowest BCUT2D eigenvalue weighted by atomic mass is 9.92. The van der Waals surface area contributed by atoms with E-state index in [0.29, 0.717) is 12.3 Å². The number of carbonyl (C=O) groups is 2. The molecule has 1 aromatic rings. The molecule has 0 aliphatic rings. The molecule has 0 bridgehead atoms. The highest BCUT2D eigenvalue weighted by Crippen LogP contribution is 2.21. The number of benzene rings is 1. The van der Waals surface area contributed by atoms with Gasteiger partial charge in [-0.1, -0.05) is 0 Å². The van der Waals surface area contributed by atoms with Crippen molar-refractivity contribution in [3.05, 3.63) is 24.3 Å². The number of carbonyl (C=O) groups excluding carboxylic acids is 2. The van der Waals surface area contributed by atoms with Crippen molar-refractivity contribution in [2.24, 2.45) is 5.41 Å². The summed E-state index contributed by atoms with van der Waals surface area (Å²) in [5, 5.41) is 2.67. The predicted molar refractivity (Wildman–Crippen MR) is 72.0 cm³/mol. The summed E-state index contributed by atoms with van der Waals surface area (Å²) in [4.78, 5) is 23.5. The Morgan fingerprint density at radius 1 is 1.21 bits per heavy atom. The second-order valence-electron chi connectivity index (χ2n) is 4.53. The molecule has 1 N–H and O–H groups in total. The minimum atomic E-state index is -1.23. The Kier molecular flexibility index (Phi) is 4.92. The van der Waals surface area contributed by atoms with Gasteiger partial charge in [0.05, 0.1) is 13.7 Å². The smallest absolute Gasteiger partial charge is 0.320 e. The fourth-order valence-corrected chi connectivity index (χ4v) is 1.44. The zero-order valence-corrected chi connectivity index (χ0v) is 11.6. The second kappa shape index (κ2) is 6.22. The first-order valence-corrected chi connectivity index (χ1v) is 6.04. The Bertz CT molecular complexity index is 451. The van der Waals surface area contributed by atoms with Gasteiger partial charge in [0.25, 0.3) is 0 Å². The molecule has 0 saturated heterocycles. The molecular weight excluding hydrogens is 246 g/mol. The third-order valence-electron chi connectivity index (χ3n) is 2.69. The molecule has 0 aromatic heterocycles. The normalized spacial score (nSPS) is 10.7. The van der Waals surface area contributed by atoms with Crippen LogP contribution >= 0.6 is 0 Å². The van der Waals surface area contributed by atoms with E-state index in [-0.39, 0.29) is 0 Å². The first kappa shape index (κ1) is 15.0. The summed E-state index contributed by atoms with van der Waals surface area (Å²) in [7, 11) is 1.26. The monoisotopic (exact) mass is 265 g/mol. The molecule has 5 heteroatoms. The fraction of sp³-hybridized carbons (Fsp3) is 0.429. The van der Waals surface area contributed by atoms with Crippen molar-refractivity contribution in [2.75, 3.05) is 19.0 Å². The van der Waals surface area contributed by atoms with Gasteiger partial charge in [0.1, 0.15) is 11.2 Å². The number of methoxy groups -OCH3 is 1. The average Bonchev–Trinajstić information content (AvgIpc) is 2.40. The molecule has 104 valence electrons. The van der Waals surface area contributed by atoms with E-state index in [0.717, 1.165) is 5.75 Å². The molecule has 0 spiro atoms. The maximum absolute atomic E-state index is 12.0. The molecule has 1 aromatic carbocycles. The Morgan fingerprint density at radius 2 is 1.79 bits per heavy atom. The Balaban J connectivity index is 2.74. The number of nitrogens with one attached hydrogen (secondary N) is 1. The lowest BCUT2D eigenvalue weighted by Crippen LogP contribution is -2.38. The highest BCUT2D eigenvalue weighted by Gasteiger charge is 2.37. The van der Waals surface area contributed by atoms with Crippen molar-refractivity contribution in [3.8, 4) is 5.75 Å². The highest BCUT2D eigenvalue weighted by atomic mass is 16.5. The van der Waals surface area contributed by atoms with E-state index in [1.165, 1.54) is 21.0 Å². The lowest BCUT2D eigenvalue weighted by Gasteiger charge is -2.20. The van der Waals surface area contributed by atoms with Crippen LogP contribution in [0.2, 0.25) is 0 Å². The summed E-state index contributed by atoms with van der Waals surface area (Å²) in [6.07, 6.45) is 0. The van der Waals surface area contributed by atoms with Crippen LogP contribution in [0.3, 0.4) is 0 Å². The lowest BCUT2D eigenvalue weighted by molar-refractivity contribution is -0.154. The molecule has 0 heterocycles. The predicted octanol–water partition coefficient (Wildman–Crippen LogP) is 2.22. The molecule has 0 aliphatic carbocycles. The molecule has 0 atom stereocenters. The van der Waals surface area contributed by atoms with Crippen molar-refractivity contribution in [1.29, 1.82) is 0 Å². The maximum atomic E-state index is 12.0. The van der Waals surface area contributed by atoms with Crippen LogP contribution in [0.25, 0.3) is 0 Å². The molecular formula is C14H19NO4. The zero-order valence-electron chi connectivity index (χ0n) is 11.6. The summed E-state index contributed by atoms with van der Waals surface area (Å²) >= 11 is 0. The molecule has 0 radical (unpaired) electrons. The summed E-state index contributed by atoms with van der Waals surface area (Å²) in [5.74, 6) is -0.257. The minimum absolute atomic E-state index is 0.413. The van der Waals surface area contributed by atoms with Gasteiger partial charge in [0.15, 0.2) is 0 Å². The van der Waals surface area contributed by atoms with Gasteiger partial charge in [-0.05, 0) is 45.0 Å². The van der Waals surface area contributed by atoms with Crippen molar-refractivity contribution in [2.45, 2.75) is 20.8 Å². The van der Waals surface area contributed by atoms with E-state index < -0.39 is 17.3 Å². The Hall–Kier alpha value is -2.04. The number of anilines is 1. The van der Waals surface area contributed by atoms with Gasteiger partial charge >= 0.3 is 5.97 Å².